The molecule has 1 aliphatic rings. The molecule has 2 atom stereocenters. The number of amides is 1. The highest BCUT2D eigenvalue weighted by atomic mass is 19.4. The fraction of sp³-hybridized carbons (Fsp3) is 0.846. The molecule has 0 spiro atoms. The second-order valence-electron chi connectivity index (χ2n) is 5.24. The van der Waals surface area contributed by atoms with Crippen molar-refractivity contribution in [3.8, 4) is 0 Å². The van der Waals surface area contributed by atoms with E-state index in [2.05, 4.69) is 5.32 Å². The van der Waals surface area contributed by atoms with Gasteiger partial charge in [-0.25, -0.2) is 0 Å². The summed E-state index contributed by atoms with van der Waals surface area (Å²) in [5.74, 6) is -3.18. The van der Waals surface area contributed by atoms with Crippen LogP contribution in [-0.2, 0) is 9.59 Å². The molecule has 2 unspecified atom stereocenters. The Morgan fingerprint density at radius 1 is 1.20 bits per heavy atom. The van der Waals surface area contributed by atoms with Crippen LogP contribution < -0.4 is 5.32 Å². The minimum atomic E-state index is -4.22. The minimum absolute atomic E-state index is 0.0371. The molecular weight excluding hydrogens is 275 g/mol. The lowest BCUT2D eigenvalue weighted by Gasteiger charge is -2.29. The normalized spacial score (nSPS) is 23.4. The van der Waals surface area contributed by atoms with Crippen LogP contribution in [0.1, 0.15) is 44.9 Å². The molecule has 0 saturated heterocycles. The smallest absolute Gasteiger partial charge is 0.391 e. The van der Waals surface area contributed by atoms with Gasteiger partial charge in [0.25, 0.3) is 0 Å². The Labute approximate surface area is 115 Å². The van der Waals surface area contributed by atoms with Crippen molar-refractivity contribution in [1.29, 1.82) is 0 Å². The Hall–Kier alpha value is -1.27. The van der Waals surface area contributed by atoms with Crippen molar-refractivity contribution in [2.24, 2.45) is 11.8 Å². The van der Waals surface area contributed by atoms with Crippen LogP contribution >= 0.6 is 0 Å². The molecule has 0 radical (unpaired) electrons. The number of hydrogen-bond donors (Lipinski definition) is 2. The average molecular weight is 295 g/mol. The molecule has 0 bridgehead atoms. The second-order valence-corrected chi connectivity index (χ2v) is 5.24. The molecule has 1 rings (SSSR count). The van der Waals surface area contributed by atoms with Crippen LogP contribution in [0.2, 0.25) is 0 Å². The molecule has 4 nitrogen and oxygen atoms in total. The van der Waals surface area contributed by atoms with Gasteiger partial charge in [-0.05, 0) is 32.1 Å². The topological polar surface area (TPSA) is 66.4 Å². The molecule has 1 fully saturated rings. The summed E-state index contributed by atoms with van der Waals surface area (Å²) in [7, 11) is 0. The van der Waals surface area contributed by atoms with Crippen molar-refractivity contribution in [3.05, 3.63) is 0 Å². The summed E-state index contributed by atoms with van der Waals surface area (Å²) in [6, 6.07) is 0. The number of nitrogens with one attached hydrogen (secondary N) is 1. The number of rotatable bonds is 6. The van der Waals surface area contributed by atoms with Crippen molar-refractivity contribution < 1.29 is 27.9 Å². The van der Waals surface area contributed by atoms with Crippen molar-refractivity contribution in [1.82, 2.24) is 5.32 Å². The number of carbonyl (C=O) groups is 2. The van der Waals surface area contributed by atoms with E-state index in [1.807, 2.05) is 0 Å². The van der Waals surface area contributed by atoms with Gasteiger partial charge in [0.1, 0.15) is 0 Å². The summed E-state index contributed by atoms with van der Waals surface area (Å²) in [5, 5.41) is 11.0. The van der Waals surface area contributed by atoms with Crippen LogP contribution in [0.3, 0.4) is 0 Å². The molecule has 0 aromatic heterocycles. The highest BCUT2D eigenvalue weighted by molar-refractivity contribution is 5.78. The zero-order valence-electron chi connectivity index (χ0n) is 11.2. The van der Waals surface area contributed by atoms with E-state index in [-0.39, 0.29) is 25.2 Å². The number of carbonyl (C=O) groups excluding carboxylic acids is 1. The molecule has 2 N–H and O–H groups in total. The maximum Gasteiger partial charge on any atom is 0.391 e. The molecular formula is C13H20F3NO3. The number of unbranched alkanes of at least 4 members (excludes halogenated alkanes) is 1. The maximum absolute atomic E-state index is 12.6. The van der Waals surface area contributed by atoms with E-state index in [0.717, 1.165) is 0 Å². The monoisotopic (exact) mass is 295 g/mol. The fourth-order valence-electron chi connectivity index (χ4n) is 2.48. The summed E-state index contributed by atoms with van der Waals surface area (Å²) in [4.78, 5) is 22.1. The van der Waals surface area contributed by atoms with E-state index in [1.54, 1.807) is 0 Å². The molecule has 1 aliphatic carbocycles. The van der Waals surface area contributed by atoms with Gasteiger partial charge in [-0.15, -0.1) is 0 Å². The van der Waals surface area contributed by atoms with Gasteiger partial charge in [-0.2, -0.15) is 13.2 Å². The highest BCUT2D eigenvalue weighted by Crippen LogP contribution is 2.39. The molecule has 7 heteroatoms. The third-order valence-corrected chi connectivity index (χ3v) is 3.62. The average Bonchev–Trinajstić information content (AvgIpc) is 2.37. The largest absolute Gasteiger partial charge is 0.481 e. The van der Waals surface area contributed by atoms with Crippen LogP contribution in [-0.4, -0.2) is 29.7 Å². The first-order valence-electron chi connectivity index (χ1n) is 6.87. The number of alkyl halides is 3. The zero-order chi connectivity index (χ0) is 15.2. The lowest BCUT2D eigenvalue weighted by Crippen LogP contribution is -2.37. The minimum Gasteiger partial charge on any atom is -0.481 e. The number of hydrogen-bond acceptors (Lipinski definition) is 2. The molecule has 0 aromatic carbocycles. The molecule has 1 amide bonds. The van der Waals surface area contributed by atoms with E-state index in [1.165, 1.54) is 0 Å². The molecule has 116 valence electrons. The van der Waals surface area contributed by atoms with Crippen LogP contribution in [0.15, 0.2) is 0 Å². The molecule has 0 aliphatic heterocycles. The predicted molar refractivity (Wildman–Crippen MR) is 66.0 cm³/mol. The van der Waals surface area contributed by atoms with Gasteiger partial charge in [0.05, 0.1) is 5.92 Å². The molecule has 0 heterocycles. The van der Waals surface area contributed by atoms with E-state index in [9.17, 15) is 22.8 Å². The van der Waals surface area contributed by atoms with Crippen molar-refractivity contribution in [2.75, 3.05) is 6.54 Å². The lowest BCUT2D eigenvalue weighted by atomic mass is 9.80. The van der Waals surface area contributed by atoms with Gasteiger partial charge in [-0.3, -0.25) is 9.59 Å². The lowest BCUT2D eigenvalue weighted by molar-refractivity contribution is -0.186. The Morgan fingerprint density at radius 2 is 1.90 bits per heavy atom. The third kappa shape index (κ3) is 5.79. The fourth-order valence-corrected chi connectivity index (χ4v) is 2.48. The van der Waals surface area contributed by atoms with Gasteiger partial charge >= 0.3 is 12.1 Å². The van der Waals surface area contributed by atoms with E-state index >= 15 is 0 Å². The summed E-state index contributed by atoms with van der Waals surface area (Å²) in [6.07, 6.45) is -2.33. The third-order valence-electron chi connectivity index (χ3n) is 3.62. The van der Waals surface area contributed by atoms with Crippen LogP contribution in [0.4, 0.5) is 13.2 Å². The number of aliphatic carboxylic acids is 1. The van der Waals surface area contributed by atoms with Gasteiger partial charge in [0.2, 0.25) is 5.91 Å². The number of carboxylic acid groups (broad SMARTS) is 1. The SMILES string of the molecule is O=C(O)CCCCNC(=O)C1CCCC(C(F)(F)F)C1. The van der Waals surface area contributed by atoms with Gasteiger partial charge in [-0.1, -0.05) is 6.42 Å². The quantitative estimate of drug-likeness (QED) is 0.740. The Bertz CT molecular complexity index is 344. The van der Waals surface area contributed by atoms with Gasteiger partial charge in [0.15, 0.2) is 0 Å². The van der Waals surface area contributed by atoms with E-state index in [0.29, 0.717) is 32.2 Å². The van der Waals surface area contributed by atoms with Gasteiger partial charge < -0.3 is 10.4 Å². The summed E-state index contributed by atoms with van der Waals surface area (Å²) in [6.45, 7) is 0.319. The summed E-state index contributed by atoms with van der Waals surface area (Å²) >= 11 is 0. The maximum atomic E-state index is 12.6. The Kier molecular flexibility index (Phi) is 6.29. The van der Waals surface area contributed by atoms with E-state index in [4.69, 9.17) is 5.11 Å². The molecule has 0 aromatic rings. The zero-order valence-corrected chi connectivity index (χ0v) is 11.2. The standard InChI is InChI=1S/C13H20F3NO3/c14-13(15,16)10-5-3-4-9(8-10)12(20)17-7-2-1-6-11(18)19/h9-10H,1-8H2,(H,17,20)(H,18,19). The highest BCUT2D eigenvalue weighted by Gasteiger charge is 2.43. The van der Waals surface area contributed by atoms with Crippen LogP contribution in [0.25, 0.3) is 0 Å². The van der Waals surface area contributed by atoms with Crippen molar-refractivity contribution in [2.45, 2.75) is 51.1 Å². The number of halogens is 3. The van der Waals surface area contributed by atoms with Crippen molar-refractivity contribution in [3.63, 3.8) is 0 Å². The van der Waals surface area contributed by atoms with Crippen molar-refractivity contribution >= 4 is 11.9 Å². The molecule has 20 heavy (non-hydrogen) atoms. The first-order valence-corrected chi connectivity index (χ1v) is 6.87. The number of carboxylic acids is 1. The van der Waals surface area contributed by atoms with E-state index < -0.39 is 24.0 Å². The predicted octanol–water partition coefficient (Wildman–Crippen LogP) is 2.73. The Morgan fingerprint density at radius 3 is 2.50 bits per heavy atom. The Balaban J connectivity index is 2.27. The summed E-state index contributed by atoms with van der Waals surface area (Å²) in [5.41, 5.74) is 0. The van der Waals surface area contributed by atoms with Crippen LogP contribution in [0, 0.1) is 11.8 Å². The second kappa shape index (κ2) is 7.50. The summed E-state index contributed by atoms with van der Waals surface area (Å²) < 4.78 is 37.9. The molecule has 1 saturated carbocycles. The first-order chi connectivity index (χ1) is 9.30. The van der Waals surface area contributed by atoms with Crippen LogP contribution in [0.5, 0.6) is 0 Å². The first kappa shape index (κ1) is 16.8. The van der Waals surface area contributed by atoms with Gasteiger partial charge in [0, 0.05) is 18.9 Å².